The molecule has 1 amide bonds. The van der Waals surface area contributed by atoms with Gasteiger partial charge in [0.2, 0.25) is 0 Å². The van der Waals surface area contributed by atoms with Gasteiger partial charge in [-0.2, -0.15) is 0 Å². The number of imidazole rings is 1. The van der Waals surface area contributed by atoms with E-state index in [1.165, 1.54) is 0 Å². The van der Waals surface area contributed by atoms with E-state index in [0.29, 0.717) is 13.1 Å². The predicted octanol–water partition coefficient (Wildman–Crippen LogP) is 3.13. The Morgan fingerprint density at radius 3 is 2.61 bits per heavy atom. The smallest absolute Gasteiger partial charge is 0.410 e. The van der Waals surface area contributed by atoms with Crippen LogP contribution in [0.25, 0.3) is 11.0 Å². The monoisotopic (exact) mass is 316 g/mol. The number of pyridine rings is 1. The van der Waals surface area contributed by atoms with Gasteiger partial charge in [0.25, 0.3) is 0 Å². The van der Waals surface area contributed by atoms with Gasteiger partial charge in [0.1, 0.15) is 5.52 Å². The lowest BCUT2D eigenvalue weighted by atomic mass is 9.91. The summed E-state index contributed by atoms with van der Waals surface area (Å²) in [6, 6.07) is 2.35. The van der Waals surface area contributed by atoms with Crippen molar-refractivity contribution in [2.24, 2.45) is 0 Å². The first kappa shape index (κ1) is 15.8. The summed E-state index contributed by atoms with van der Waals surface area (Å²) in [4.78, 5) is 22.5. The molecule has 2 aromatic heterocycles. The minimum atomic E-state index is -0.238. The van der Waals surface area contributed by atoms with Gasteiger partial charge in [-0.05, 0) is 19.9 Å². The Labute approximate surface area is 136 Å². The number of aromatic nitrogens is 3. The Kier molecular flexibility index (Phi) is 3.78. The van der Waals surface area contributed by atoms with E-state index in [9.17, 15) is 4.79 Å². The molecule has 0 unspecified atom stereocenters. The lowest BCUT2D eigenvalue weighted by molar-refractivity contribution is 0.0402. The number of amides is 1. The van der Waals surface area contributed by atoms with E-state index in [1.807, 2.05) is 26.4 Å². The molecule has 1 saturated heterocycles. The van der Waals surface area contributed by atoms with Crippen molar-refractivity contribution in [1.29, 1.82) is 0 Å². The third-order valence-corrected chi connectivity index (χ3v) is 4.08. The molecule has 6 nitrogen and oxygen atoms in total. The fraction of sp³-hybridized carbons (Fsp3) is 0.588. The van der Waals surface area contributed by atoms with Crippen LogP contribution in [0.3, 0.4) is 0 Å². The maximum Gasteiger partial charge on any atom is 0.410 e. The first-order valence-electron chi connectivity index (χ1n) is 8.04. The molecule has 6 heteroatoms. The van der Waals surface area contributed by atoms with Crippen molar-refractivity contribution in [3.63, 3.8) is 0 Å². The highest BCUT2D eigenvalue weighted by atomic mass is 16.6. The molecule has 1 fully saturated rings. The topological polar surface area (TPSA) is 60.2 Å². The third kappa shape index (κ3) is 3.02. The van der Waals surface area contributed by atoms with Crippen molar-refractivity contribution in [2.75, 3.05) is 13.1 Å². The van der Waals surface area contributed by atoms with Gasteiger partial charge in [0.05, 0.1) is 30.2 Å². The molecule has 1 aliphatic rings. The number of carbonyl (C=O) groups is 1. The highest BCUT2D eigenvalue weighted by Crippen LogP contribution is 2.28. The van der Waals surface area contributed by atoms with Crippen LogP contribution in [0, 0.1) is 0 Å². The molecule has 0 N–H and O–H groups in total. The van der Waals surface area contributed by atoms with E-state index in [2.05, 4.69) is 41.4 Å². The number of ether oxygens (including phenoxy) is 1. The minimum absolute atomic E-state index is 0.00396. The van der Waals surface area contributed by atoms with Crippen molar-refractivity contribution in [1.82, 2.24) is 19.4 Å². The first-order chi connectivity index (χ1) is 10.8. The Bertz CT molecular complexity index is 724. The zero-order valence-electron chi connectivity index (χ0n) is 14.4. The molecule has 0 spiro atoms. The van der Waals surface area contributed by atoms with Crippen molar-refractivity contribution in [2.45, 2.75) is 52.2 Å². The largest absolute Gasteiger partial charge is 0.447 e. The number of carbonyl (C=O) groups excluding carboxylic acids is 1. The molecule has 3 heterocycles. The van der Waals surface area contributed by atoms with E-state index in [-0.39, 0.29) is 23.7 Å². The Morgan fingerprint density at radius 1 is 1.30 bits per heavy atom. The lowest BCUT2D eigenvalue weighted by Crippen LogP contribution is -2.51. The second-order valence-corrected chi connectivity index (χ2v) is 7.45. The Hall–Kier alpha value is -2.11. The van der Waals surface area contributed by atoms with Crippen molar-refractivity contribution < 1.29 is 9.53 Å². The zero-order chi connectivity index (χ0) is 16.8. The number of rotatable bonds is 2. The summed E-state index contributed by atoms with van der Waals surface area (Å²) in [6.45, 7) is 11.5. The first-order valence-corrected chi connectivity index (χ1v) is 8.04. The summed E-state index contributed by atoms with van der Waals surface area (Å²) in [5, 5.41) is 0. The van der Waals surface area contributed by atoms with Crippen LogP contribution in [0.5, 0.6) is 0 Å². The Morgan fingerprint density at radius 2 is 2.00 bits per heavy atom. The van der Waals surface area contributed by atoms with Gasteiger partial charge in [0.15, 0.2) is 0 Å². The van der Waals surface area contributed by atoms with Crippen LogP contribution < -0.4 is 0 Å². The summed E-state index contributed by atoms with van der Waals surface area (Å²) in [6.07, 6.45) is 3.35. The molecule has 23 heavy (non-hydrogen) atoms. The molecule has 1 aliphatic heterocycles. The quantitative estimate of drug-likeness (QED) is 0.854. The molecule has 124 valence electrons. The fourth-order valence-corrected chi connectivity index (χ4v) is 2.69. The molecular weight excluding hydrogens is 292 g/mol. The molecule has 0 bridgehead atoms. The van der Waals surface area contributed by atoms with Crippen LogP contribution in [0.15, 0.2) is 18.6 Å². The van der Waals surface area contributed by atoms with Gasteiger partial charge in [0, 0.05) is 24.2 Å². The molecule has 0 aliphatic carbocycles. The van der Waals surface area contributed by atoms with Gasteiger partial charge in [-0.1, -0.05) is 20.8 Å². The number of likely N-dealkylation sites (tertiary alicyclic amines) is 1. The number of fused-ring (bicyclic) bond motifs is 1. The van der Waals surface area contributed by atoms with Crippen LogP contribution in [0.1, 0.15) is 46.4 Å². The maximum absolute atomic E-state index is 11.9. The van der Waals surface area contributed by atoms with Crippen molar-refractivity contribution >= 4 is 17.1 Å². The second-order valence-electron chi connectivity index (χ2n) is 7.45. The van der Waals surface area contributed by atoms with Gasteiger partial charge in [-0.25, -0.2) is 9.78 Å². The number of nitrogens with zero attached hydrogens (tertiary/aromatic N) is 4. The van der Waals surface area contributed by atoms with Crippen LogP contribution in [0.4, 0.5) is 4.79 Å². The van der Waals surface area contributed by atoms with E-state index in [1.54, 1.807) is 4.90 Å². The fourth-order valence-electron chi connectivity index (χ4n) is 2.69. The summed E-state index contributed by atoms with van der Waals surface area (Å²) in [5.41, 5.74) is 3.01. The van der Waals surface area contributed by atoms with Crippen LogP contribution in [0.2, 0.25) is 0 Å². The molecule has 0 atom stereocenters. The van der Waals surface area contributed by atoms with Crippen LogP contribution in [-0.2, 0) is 10.2 Å². The Balaban J connectivity index is 1.78. The molecule has 2 aromatic rings. The SMILES string of the molecule is CC(C)OC(=O)N1CC(n2cnc3cnc(C(C)(C)C)cc32)C1. The summed E-state index contributed by atoms with van der Waals surface area (Å²) in [5.74, 6) is 0. The minimum Gasteiger partial charge on any atom is -0.447 e. The van der Waals surface area contributed by atoms with Gasteiger partial charge < -0.3 is 14.2 Å². The van der Waals surface area contributed by atoms with Gasteiger partial charge >= 0.3 is 6.09 Å². The normalized spacial score (nSPS) is 16.0. The van der Waals surface area contributed by atoms with Gasteiger partial charge in [-0.3, -0.25) is 4.98 Å². The zero-order valence-corrected chi connectivity index (χ0v) is 14.4. The van der Waals surface area contributed by atoms with E-state index in [4.69, 9.17) is 4.74 Å². The van der Waals surface area contributed by atoms with Gasteiger partial charge in [-0.15, -0.1) is 0 Å². The summed E-state index contributed by atoms with van der Waals surface area (Å²) < 4.78 is 7.37. The third-order valence-electron chi connectivity index (χ3n) is 4.08. The predicted molar refractivity (Wildman–Crippen MR) is 88.5 cm³/mol. The second kappa shape index (κ2) is 5.51. The van der Waals surface area contributed by atoms with Crippen molar-refractivity contribution in [3.8, 4) is 0 Å². The standard InChI is InChI=1S/C17H24N4O2/c1-11(2)23-16(22)20-8-12(9-20)21-10-19-13-7-18-15(6-14(13)21)17(3,4)5/h6-7,10-12H,8-9H2,1-5H3. The molecular formula is C17H24N4O2. The molecule has 0 aromatic carbocycles. The maximum atomic E-state index is 11.9. The molecule has 0 radical (unpaired) electrons. The van der Waals surface area contributed by atoms with E-state index < -0.39 is 0 Å². The average molecular weight is 316 g/mol. The van der Waals surface area contributed by atoms with Crippen LogP contribution >= 0.6 is 0 Å². The highest BCUT2D eigenvalue weighted by Gasteiger charge is 2.34. The summed E-state index contributed by atoms with van der Waals surface area (Å²) in [7, 11) is 0. The summed E-state index contributed by atoms with van der Waals surface area (Å²) >= 11 is 0. The van der Waals surface area contributed by atoms with E-state index >= 15 is 0 Å². The molecule has 3 rings (SSSR count). The van der Waals surface area contributed by atoms with Crippen molar-refractivity contribution in [3.05, 3.63) is 24.3 Å². The highest BCUT2D eigenvalue weighted by molar-refractivity contribution is 5.75. The molecule has 0 saturated carbocycles. The lowest BCUT2D eigenvalue weighted by Gasteiger charge is -2.39. The van der Waals surface area contributed by atoms with Crippen LogP contribution in [-0.4, -0.2) is 44.7 Å². The number of hydrogen-bond donors (Lipinski definition) is 0. The number of hydrogen-bond acceptors (Lipinski definition) is 4. The van der Waals surface area contributed by atoms with E-state index in [0.717, 1.165) is 16.7 Å². The average Bonchev–Trinajstić information content (AvgIpc) is 2.78.